The molecule has 1 aliphatic rings. The van der Waals surface area contributed by atoms with Crippen LogP contribution >= 0.6 is 0 Å². The summed E-state index contributed by atoms with van der Waals surface area (Å²) in [4.78, 5) is 31.9. The molecule has 10 heteroatoms. The molecule has 2 amide bonds. The van der Waals surface area contributed by atoms with Crippen LogP contribution in [0.4, 0.5) is 4.79 Å². The molecule has 5 rings (SSSR count). The number of aromatic nitrogens is 5. The maximum absolute atomic E-state index is 13.3. The highest BCUT2D eigenvalue weighted by Gasteiger charge is 2.28. The standard InChI is InChI=1S/C27H31N7O3/c1-16-14-22(32-34-15-17(2)29-24(16)34)19-6-7-21(23-20(19)8-11-28-31-23)25(35)30-18-9-12-33(13-10-18)26(36)37-27(3,4)5/h6-8,11,14-15,18H,9-10,12-13H2,1-5H3,(H,30,35). The van der Waals surface area contributed by atoms with E-state index in [1.807, 2.05) is 59.0 Å². The lowest BCUT2D eigenvalue weighted by atomic mass is 10.00. The van der Waals surface area contributed by atoms with Gasteiger partial charge in [0.15, 0.2) is 5.65 Å². The van der Waals surface area contributed by atoms with Gasteiger partial charge in [0.25, 0.3) is 5.91 Å². The largest absolute Gasteiger partial charge is 0.444 e. The molecule has 4 aromatic rings. The summed E-state index contributed by atoms with van der Waals surface area (Å²) in [5.74, 6) is -0.211. The van der Waals surface area contributed by atoms with E-state index in [0.29, 0.717) is 37.0 Å². The van der Waals surface area contributed by atoms with Crippen LogP contribution in [-0.4, -0.2) is 66.4 Å². The van der Waals surface area contributed by atoms with Crippen molar-refractivity contribution >= 4 is 28.6 Å². The van der Waals surface area contributed by atoms with Crippen molar-refractivity contribution < 1.29 is 14.3 Å². The van der Waals surface area contributed by atoms with Crippen LogP contribution in [0.15, 0.2) is 36.7 Å². The minimum absolute atomic E-state index is 0.0474. The van der Waals surface area contributed by atoms with Crippen molar-refractivity contribution in [2.24, 2.45) is 0 Å². The Morgan fingerprint density at radius 3 is 2.59 bits per heavy atom. The Labute approximate surface area is 215 Å². The van der Waals surface area contributed by atoms with Gasteiger partial charge in [-0.2, -0.15) is 10.2 Å². The summed E-state index contributed by atoms with van der Waals surface area (Å²) in [6.07, 6.45) is 4.50. The predicted octanol–water partition coefficient (Wildman–Crippen LogP) is 4.09. The van der Waals surface area contributed by atoms with E-state index in [0.717, 1.165) is 33.5 Å². The lowest BCUT2D eigenvalue weighted by molar-refractivity contribution is 0.0199. The van der Waals surface area contributed by atoms with Gasteiger partial charge in [0.2, 0.25) is 0 Å². The molecule has 0 saturated carbocycles. The molecule has 4 heterocycles. The van der Waals surface area contributed by atoms with Crippen LogP contribution in [0.3, 0.4) is 0 Å². The fraction of sp³-hybridized carbons (Fsp3) is 0.407. The van der Waals surface area contributed by atoms with E-state index in [4.69, 9.17) is 9.84 Å². The molecule has 0 atom stereocenters. The first-order valence-corrected chi connectivity index (χ1v) is 12.5. The first-order chi connectivity index (χ1) is 17.6. The molecular formula is C27H31N7O3. The third-order valence-electron chi connectivity index (χ3n) is 6.41. The summed E-state index contributed by atoms with van der Waals surface area (Å²) in [6, 6.07) is 7.48. The zero-order valence-electron chi connectivity index (χ0n) is 21.8. The number of rotatable bonds is 3. The Morgan fingerprint density at radius 1 is 1.11 bits per heavy atom. The number of ether oxygens (including phenoxy) is 1. The van der Waals surface area contributed by atoms with Crippen molar-refractivity contribution in [3.05, 3.63) is 53.5 Å². The van der Waals surface area contributed by atoms with Crippen LogP contribution in [0.25, 0.3) is 27.8 Å². The van der Waals surface area contributed by atoms with Crippen LogP contribution in [0.5, 0.6) is 0 Å². The first kappa shape index (κ1) is 24.6. The van der Waals surface area contributed by atoms with Gasteiger partial charge in [0.1, 0.15) is 11.1 Å². The van der Waals surface area contributed by atoms with Gasteiger partial charge in [0, 0.05) is 30.1 Å². The number of nitrogens with zero attached hydrogens (tertiary/aromatic N) is 6. The molecule has 0 bridgehead atoms. The third kappa shape index (κ3) is 5.09. The van der Waals surface area contributed by atoms with Gasteiger partial charge < -0.3 is 15.0 Å². The predicted molar refractivity (Wildman–Crippen MR) is 139 cm³/mol. The molecule has 3 aromatic heterocycles. The normalized spacial score (nSPS) is 14.8. The monoisotopic (exact) mass is 501 g/mol. The van der Waals surface area contributed by atoms with Gasteiger partial charge in [-0.3, -0.25) is 4.79 Å². The molecule has 0 spiro atoms. The molecular weight excluding hydrogens is 470 g/mol. The molecule has 1 aliphatic heterocycles. The molecule has 1 aromatic carbocycles. The second kappa shape index (κ2) is 9.42. The number of nitrogens with one attached hydrogen (secondary N) is 1. The zero-order chi connectivity index (χ0) is 26.3. The molecule has 1 fully saturated rings. The van der Waals surface area contributed by atoms with Gasteiger partial charge in [-0.05, 0) is 71.2 Å². The third-order valence-corrected chi connectivity index (χ3v) is 6.41. The Kier molecular flexibility index (Phi) is 6.26. The lowest BCUT2D eigenvalue weighted by Gasteiger charge is -2.33. The zero-order valence-corrected chi connectivity index (χ0v) is 21.8. The average molecular weight is 502 g/mol. The summed E-state index contributed by atoms with van der Waals surface area (Å²) < 4.78 is 7.25. The molecule has 10 nitrogen and oxygen atoms in total. The minimum Gasteiger partial charge on any atom is -0.444 e. The van der Waals surface area contributed by atoms with Gasteiger partial charge >= 0.3 is 6.09 Å². The fourth-order valence-corrected chi connectivity index (χ4v) is 4.66. The number of amides is 2. The van der Waals surface area contributed by atoms with Crippen molar-refractivity contribution in [3.63, 3.8) is 0 Å². The number of fused-ring (bicyclic) bond motifs is 2. The maximum atomic E-state index is 13.3. The first-order valence-electron chi connectivity index (χ1n) is 12.5. The van der Waals surface area contributed by atoms with Crippen LogP contribution in [0, 0.1) is 13.8 Å². The second-order valence-corrected chi connectivity index (χ2v) is 10.5. The van der Waals surface area contributed by atoms with Crippen molar-refractivity contribution in [1.82, 2.24) is 35.0 Å². The number of benzene rings is 1. The highest BCUT2D eigenvalue weighted by Crippen LogP contribution is 2.29. The van der Waals surface area contributed by atoms with Gasteiger partial charge in [0.05, 0.1) is 29.3 Å². The average Bonchev–Trinajstić information content (AvgIpc) is 3.23. The maximum Gasteiger partial charge on any atom is 0.410 e. The summed E-state index contributed by atoms with van der Waals surface area (Å²) in [7, 11) is 0. The summed E-state index contributed by atoms with van der Waals surface area (Å²) >= 11 is 0. The number of imidazole rings is 1. The van der Waals surface area contributed by atoms with Crippen LogP contribution in [0.1, 0.15) is 55.2 Å². The van der Waals surface area contributed by atoms with Crippen molar-refractivity contribution in [1.29, 1.82) is 0 Å². The molecule has 0 radical (unpaired) electrons. The topological polar surface area (TPSA) is 115 Å². The van der Waals surface area contributed by atoms with Crippen LogP contribution in [0.2, 0.25) is 0 Å². The van der Waals surface area contributed by atoms with E-state index in [2.05, 4.69) is 20.5 Å². The second-order valence-electron chi connectivity index (χ2n) is 10.5. The van der Waals surface area contributed by atoms with E-state index in [9.17, 15) is 9.59 Å². The number of carbonyl (C=O) groups is 2. The lowest BCUT2D eigenvalue weighted by Crippen LogP contribution is -2.47. The minimum atomic E-state index is -0.534. The van der Waals surface area contributed by atoms with E-state index < -0.39 is 5.60 Å². The number of hydrogen-bond acceptors (Lipinski definition) is 7. The van der Waals surface area contributed by atoms with Crippen molar-refractivity contribution in [3.8, 4) is 11.3 Å². The Morgan fingerprint density at radius 2 is 1.86 bits per heavy atom. The SMILES string of the molecule is Cc1cn2nc(-c3ccc(C(=O)NC4CCN(C(=O)OC(C)(C)C)CC4)c4nnccc34)cc(C)c2n1. The van der Waals surface area contributed by atoms with Crippen molar-refractivity contribution in [2.75, 3.05) is 13.1 Å². The molecule has 0 unspecified atom stereocenters. The molecule has 0 aliphatic carbocycles. The summed E-state index contributed by atoms with van der Waals surface area (Å²) in [5.41, 5.74) is 4.79. The number of carbonyl (C=O) groups excluding carboxylic acids is 2. The molecule has 192 valence electrons. The van der Waals surface area contributed by atoms with Crippen LogP contribution in [-0.2, 0) is 4.74 Å². The number of piperidine rings is 1. The van der Waals surface area contributed by atoms with Gasteiger partial charge in [-0.25, -0.2) is 14.3 Å². The van der Waals surface area contributed by atoms with Gasteiger partial charge in [-0.15, -0.1) is 5.10 Å². The molecule has 1 saturated heterocycles. The Hall–Kier alpha value is -4.08. The van der Waals surface area contributed by atoms with Crippen LogP contribution < -0.4 is 5.32 Å². The Balaban J connectivity index is 1.36. The van der Waals surface area contributed by atoms with E-state index in [-0.39, 0.29) is 18.0 Å². The number of hydrogen-bond donors (Lipinski definition) is 1. The smallest absolute Gasteiger partial charge is 0.410 e. The highest BCUT2D eigenvalue weighted by atomic mass is 16.6. The quantitative estimate of drug-likeness (QED) is 0.450. The fourth-order valence-electron chi connectivity index (χ4n) is 4.66. The van der Waals surface area contributed by atoms with E-state index >= 15 is 0 Å². The van der Waals surface area contributed by atoms with E-state index in [1.165, 1.54) is 0 Å². The highest BCUT2D eigenvalue weighted by molar-refractivity contribution is 6.09. The Bertz CT molecular complexity index is 1500. The summed E-state index contributed by atoms with van der Waals surface area (Å²) in [6.45, 7) is 10.6. The molecule has 1 N–H and O–H groups in total. The number of aryl methyl sites for hydroxylation is 2. The van der Waals surface area contributed by atoms with E-state index in [1.54, 1.807) is 21.7 Å². The number of likely N-dealkylation sites (tertiary alicyclic amines) is 1. The summed E-state index contributed by atoms with van der Waals surface area (Å²) in [5, 5.41) is 17.0. The van der Waals surface area contributed by atoms with Gasteiger partial charge in [-0.1, -0.05) is 6.07 Å². The molecule has 37 heavy (non-hydrogen) atoms. The van der Waals surface area contributed by atoms with Crippen molar-refractivity contribution in [2.45, 2.75) is 59.1 Å².